The van der Waals surface area contributed by atoms with Gasteiger partial charge < -0.3 is 19.5 Å². The van der Waals surface area contributed by atoms with Gasteiger partial charge >= 0.3 is 0 Å². The third kappa shape index (κ3) is 4.25. The number of hydrogen-bond donors (Lipinski definition) is 1. The second-order valence-corrected chi connectivity index (χ2v) is 8.54. The Balaban J connectivity index is 1.26. The van der Waals surface area contributed by atoms with Gasteiger partial charge in [0, 0.05) is 61.7 Å². The molecule has 0 saturated carbocycles. The Hall–Kier alpha value is -3.39. The van der Waals surface area contributed by atoms with Crippen molar-refractivity contribution < 1.29 is 4.79 Å². The van der Waals surface area contributed by atoms with Crippen LogP contribution < -0.4 is 15.1 Å². The normalized spacial score (nSPS) is 14.2. The van der Waals surface area contributed by atoms with Gasteiger partial charge in [0.05, 0.1) is 5.56 Å². The van der Waals surface area contributed by atoms with Crippen LogP contribution in [0.15, 0.2) is 66.4 Å². The summed E-state index contributed by atoms with van der Waals surface area (Å²) in [6.07, 6.45) is 6.36. The summed E-state index contributed by atoms with van der Waals surface area (Å²) in [5.41, 5.74) is 1.76. The predicted molar refractivity (Wildman–Crippen MR) is 124 cm³/mol. The Morgan fingerprint density at radius 3 is 2.52 bits per heavy atom. The molecule has 4 aromatic heterocycles. The first-order valence-electron chi connectivity index (χ1n) is 10.5. The molecule has 1 saturated heterocycles. The van der Waals surface area contributed by atoms with E-state index in [0.29, 0.717) is 12.1 Å². The number of fused-ring (bicyclic) bond motifs is 1. The summed E-state index contributed by atoms with van der Waals surface area (Å²) in [4.78, 5) is 27.2. The van der Waals surface area contributed by atoms with Gasteiger partial charge in [0.2, 0.25) is 5.95 Å². The number of rotatable bonds is 6. The molecule has 5 heterocycles. The molecule has 4 aromatic rings. The molecule has 0 bridgehead atoms. The highest BCUT2D eigenvalue weighted by molar-refractivity contribution is 7.09. The summed E-state index contributed by atoms with van der Waals surface area (Å²) < 4.78 is 2.11. The van der Waals surface area contributed by atoms with E-state index in [4.69, 9.17) is 0 Å². The van der Waals surface area contributed by atoms with Crippen LogP contribution in [0.5, 0.6) is 0 Å². The third-order valence-electron chi connectivity index (χ3n) is 5.57. The van der Waals surface area contributed by atoms with E-state index in [1.807, 2.05) is 30.5 Å². The van der Waals surface area contributed by atoms with E-state index in [2.05, 4.69) is 53.1 Å². The van der Waals surface area contributed by atoms with Crippen molar-refractivity contribution in [3.63, 3.8) is 0 Å². The minimum atomic E-state index is -0.0378. The maximum Gasteiger partial charge on any atom is 0.252 e. The highest BCUT2D eigenvalue weighted by Crippen LogP contribution is 2.22. The van der Waals surface area contributed by atoms with E-state index in [0.717, 1.165) is 49.9 Å². The summed E-state index contributed by atoms with van der Waals surface area (Å²) in [5, 5.41) is 5.10. The first-order chi connectivity index (χ1) is 15.3. The van der Waals surface area contributed by atoms with Crippen molar-refractivity contribution >= 4 is 34.5 Å². The van der Waals surface area contributed by atoms with E-state index in [-0.39, 0.29) is 5.91 Å². The molecule has 1 fully saturated rings. The number of aromatic nitrogens is 3. The van der Waals surface area contributed by atoms with Crippen LogP contribution in [0, 0.1) is 0 Å². The number of thiophene rings is 1. The molecule has 0 spiro atoms. The van der Waals surface area contributed by atoms with Crippen LogP contribution in [0.2, 0.25) is 0 Å². The van der Waals surface area contributed by atoms with Crippen LogP contribution in [0.3, 0.4) is 0 Å². The molecule has 1 amide bonds. The molecule has 0 radical (unpaired) electrons. The Bertz CT molecular complexity index is 1150. The molecule has 5 rings (SSSR count). The molecule has 7 nitrogen and oxygen atoms in total. The summed E-state index contributed by atoms with van der Waals surface area (Å²) >= 11 is 1.72. The Kier molecular flexibility index (Phi) is 5.54. The van der Waals surface area contributed by atoms with Crippen LogP contribution >= 0.6 is 11.3 Å². The van der Waals surface area contributed by atoms with Crippen LogP contribution in [0.25, 0.3) is 5.52 Å². The first-order valence-corrected chi connectivity index (χ1v) is 11.3. The van der Waals surface area contributed by atoms with E-state index < -0.39 is 0 Å². The highest BCUT2D eigenvalue weighted by Gasteiger charge is 2.21. The Morgan fingerprint density at radius 2 is 1.74 bits per heavy atom. The molecule has 0 aliphatic carbocycles. The fraction of sp³-hybridized carbons (Fsp3) is 0.261. The topological polar surface area (TPSA) is 65.8 Å². The van der Waals surface area contributed by atoms with Gasteiger partial charge in [0.25, 0.3) is 5.91 Å². The van der Waals surface area contributed by atoms with Gasteiger partial charge in [-0.15, -0.1) is 11.3 Å². The average molecular weight is 433 g/mol. The summed E-state index contributed by atoms with van der Waals surface area (Å²) in [7, 11) is 0. The van der Waals surface area contributed by atoms with Crippen LogP contribution in [0.4, 0.5) is 11.8 Å². The quantitative estimate of drug-likeness (QED) is 0.507. The Labute approximate surface area is 185 Å². The SMILES string of the molecule is O=C(NCCc1cccs1)c1ccc2ccc(N3CCN(c4ncccn4)CC3)n2c1. The zero-order valence-corrected chi connectivity index (χ0v) is 18.0. The maximum atomic E-state index is 12.7. The second kappa shape index (κ2) is 8.77. The average Bonchev–Trinajstić information content (AvgIpc) is 3.49. The number of carbonyl (C=O) groups is 1. The van der Waals surface area contributed by atoms with Gasteiger partial charge in [0.1, 0.15) is 5.82 Å². The van der Waals surface area contributed by atoms with Crippen molar-refractivity contribution in [3.05, 3.63) is 76.9 Å². The van der Waals surface area contributed by atoms with Gasteiger partial charge in [-0.05, 0) is 48.2 Å². The smallest absolute Gasteiger partial charge is 0.252 e. The largest absolute Gasteiger partial charge is 0.354 e. The molecule has 158 valence electrons. The molecule has 1 N–H and O–H groups in total. The van der Waals surface area contributed by atoms with Crippen LogP contribution in [-0.2, 0) is 6.42 Å². The molecular formula is C23H24N6OS. The molecular weight excluding hydrogens is 408 g/mol. The lowest BCUT2D eigenvalue weighted by Gasteiger charge is -2.35. The standard InChI is InChI=1S/C23H24N6OS/c30-22(24-11-8-20-3-1-16-31-20)18-4-5-19-6-7-21(29(19)17-18)27-12-14-28(15-13-27)23-25-9-2-10-26-23/h1-7,9-10,16-17H,8,11-15H2,(H,24,30). The Morgan fingerprint density at radius 1 is 0.968 bits per heavy atom. The highest BCUT2D eigenvalue weighted by atomic mass is 32.1. The van der Waals surface area contributed by atoms with Crippen molar-refractivity contribution in [1.82, 2.24) is 19.7 Å². The number of nitrogens with one attached hydrogen (secondary N) is 1. The predicted octanol–water partition coefficient (Wildman–Crippen LogP) is 3.09. The number of amides is 1. The third-order valence-corrected chi connectivity index (χ3v) is 6.50. The fourth-order valence-electron chi connectivity index (χ4n) is 3.92. The lowest BCUT2D eigenvalue weighted by molar-refractivity contribution is 0.0954. The fourth-order valence-corrected chi connectivity index (χ4v) is 4.63. The molecule has 0 aromatic carbocycles. The van der Waals surface area contributed by atoms with Gasteiger partial charge in [0.15, 0.2) is 0 Å². The van der Waals surface area contributed by atoms with Crippen LogP contribution in [-0.4, -0.2) is 53.0 Å². The van der Waals surface area contributed by atoms with E-state index in [1.165, 1.54) is 4.88 Å². The number of piperazine rings is 1. The van der Waals surface area contributed by atoms with Crippen molar-refractivity contribution in [2.75, 3.05) is 42.5 Å². The molecule has 0 atom stereocenters. The number of pyridine rings is 1. The van der Waals surface area contributed by atoms with Gasteiger partial charge in [-0.25, -0.2) is 9.97 Å². The van der Waals surface area contributed by atoms with E-state index in [9.17, 15) is 4.79 Å². The maximum absolute atomic E-state index is 12.7. The van der Waals surface area contributed by atoms with E-state index in [1.54, 1.807) is 23.7 Å². The summed E-state index contributed by atoms with van der Waals surface area (Å²) in [6, 6.07) is 14.1. The summed E-state index contributed by atoms with van der Waals surface area (Å²) in [6.45, 7) is 4.11. The lowest BCUT2D eigenvalue weighted by Crippen LogP contribution is -2.47. The number of hydrogen-bond acceptors (Lipinski definition) is 6. The van der Waals surface area contributed by atoms with Crippen molar-refractivity contribution in [2.24, 2.45) is 0 Å². The van der Waals surface area contributed by atoms with Gasteiger partial charge in [-0.3, -0.25) is 4.79 Å². The monoisotopic (exact) mass is 432 g/mol. The van der Waals surface area contributed by atoms with Gasteiger partial charge in [-0.1, -0.05) is 6.07 Å². The zero-order chi connectivity index (χ0) is 21.0. The van der Waals surface area contributed by atoms with E-state index >= 15 is 0 Å². The molecule has 0 unspecified atom stereocenters. The molecule has 31 heavy (non-hydrogen) atoms. The van der Waals surface area contributed by atoms with Crippen molar-refractivity contribution in [1.29, 1.82) is 0 Å². The molecule has 1 aliphatic heterocycles. The van der Waals surface area contributed by atoms with Crippen molar-refractivity contribution in [2.45, 2.75) is 6.42 Å². The number of carbonyl (C=O) groups excluding carboxylic acids is 1. The second-order valence-electron chi connectivity index (χ2n) is 7.51. The minimum absolute atomic E-state index is 0.0378. The van der Waals surface area contributed by atoms with Crippen LogP contribution in [0.1, 0.15) is 15.2 Å². The molecule has 1 aliphatic rings. The summed E-state index contributed by atoms with van der Waals surface area (Å²) in [5.74, 6) is 1.85. The number of nitrogens with zero attached hydrogens (tertiary/aromatic N) is 5. The van der Waals surface area contributed by atoms with Gasteiger partial charge in [-0.2, -0.15) is 0 Å². The zero-order valence-electron chi connectivity index (χ0n) is 17.1. The van der Waals surface area contributed by atoms with Crippen molar-refractivity contribution in [3.8, 4) is 0 Å². The minimum Gasteiger partial charge on any atom is -0.354 e. The number of anilines is 2. The lowest BCUT2D eigenvalue weighted by atomic mass is 10.2. The first kappa shape index (κ1) is 19.6. The molecule has 8 heteroatoms.